The van der Waals surface area contributed by atoms with E-state index in [-0.39, 0.29) is 31.4 Å². The van der Waals surface area contributed by atoms with Crippen molar-refractivity contribution in [3.63, 3.8) is 0 Å². The van der Waals surface area contributed by atoms with Gasteiger partial charge in [-0.3, -0.25) is 9.59 Å². The molecule has 4 N–H and O–H groups in total. The third-order valence-corrected chi connectivity index (χ3v) is 4.82. The summed E-state index contributed by atoms with van der Waals surface area (Å²) in [5, 5.41) is 25.3. The molecule has 0 bridgehead atoms. The molecule has 0 fully saturated rings. The Hall–Kier alpha value is -2.96. The van der Waals surface area contributed by atoms with Crippen molar-refractivity contribution in [2.75, 3.05) is 13.2 Å². The number of aliphatic hydroxyl groups is 2. The highest BCUT2D eigenvalue weighted by atomic mass is 16.3. The van der Waals surface area contributed by atoms with Crippen LogP contribution < -0.4 is 10.6 Å². The number of allylic oxidation sites excluding steroid dienone is 1. The van der Waals surface area contributed by atoms with Crippen LogP contribution in [-0.4, -0.2) is 41.2 Å². The Labute approximate surface area is 177 Å². The molecule has 0 saturated carbocycles. The molecule has 6 nitrogen and oxygen atoms in total. The molecule has 3 atom stereocenters. The lowest BCUT2D eigenvalue weighted by molar-refractivity contribution is -0.131. The summed E-state index contributed by atoms with van der Waals surface area (Å²) in [4.78, 5) is 25.0. The summed E-state index contributed by atoms with van der Waals surface area (Å²) in [7, 11) is 0. The molecular formula is C24H30N2O4. The molecule has 2 rings (SSSR count). The standard InChI is InChI=1S/C24H30N2O4/c1-2-9-20(24(30)25-16-22(28)19-12-7-4-8-13-19)15-23(29)26-21(17-27)14-18-10-5-3-6-11-18/h2-8,10-13,20-22,27-28H,1,9,14-17H2,(H,25,30)(H,26,29)/t20-,21+,22-/m1/s1. The largest absolute Gasteiger partial charge is 0.394 e. The van der Waals surface area contributed by atoms with Crippen molar-refractivity contribution >= 4 is 11.8 Å². The van der Waals surface area contributed by atoms with Crippen molar-refractivity contribution < 1.29 is 19.8 Å². The molecule has 160 valence electrons. The Morgan fingerprint density at radius 3 is 2.27 bits per heavy atom. The molecule has 6 heteroatoms. The van der Waals surface area contributed by atoms with Crippen LogP contribution in [0.4, 0.5) is 0 Å². The second-order valence-corrected chi connectivity index (χ2v) is 7.23. The summed E-state index contributed by atoms with van der Waals surface area (Å²) in [5.74, 6) is -1.22. The third-order valence-electron chi connectivity index (χ3n) is 4.82. The Morgan fingerprint density at radius 2 is 1.67 bits per heavy atom. The van der Waals surface area contributed by atoms with Crippen LogP contribution >= 0.6 is 0 Å². The van der Waals surface area contributed by atoms with Crippen LogP contribution in [0.25, 0.3) is 0 Å². The topological polar surface area (TPSA) is 98.7 Å². The van der Waals surface area contributed by atoms with Gasteiger partial charge in [0.25, 0.3) is 0 Å². The van der Waals surface area contributed by atoms with Crippen molar-refractivity contribution in [3.05, 3.63) is 84.4 Å². The zero-order valence-electron chi connectivity index (χ0n) is 17.0. The van der Waals surface area contributed by atoms with Crippen molar-refractivity contribution in [3.8, 4) is 0 Å². The van der Waals surface area contributed by atoms with Crippen LogP contribution in [0.2, 0.25) is 0 Å². The predicted molar refractivity (Wildman–Crippen MR) is 116 cm³/mol. The number of benzene rings is 2. The number of amides is 2. The smallest absolute Gasteiger partial charge is 0.224 e. The number of aliphatic hydroxyl groups excluding tert-OH is 2. The molecule has 2 aromatic rings. The molecule has 0 aliphatic rings. The van der Waals surface area contributed by atoms with Gasteiger partial charge in [-0.2, -0.15) is 0 Å². The fourth-order valence-corrected chi connectivity index (χ4v) is 3.19. The molecule has 30 heavy (non-hydrogen) atoms. The minimum Gasteiger partial charge on any atom is -0.394 e. The maximum absolute atomic E-state index is 12.6. The van der Waals surface area contributed by atoms with Crippen molar-refractivity contribution in [1.82, 2.24) is 10.6 Å². The zero-order chi connectivity index (χ0) is 21.8. The van der Waals surface area contributed by atoms with Gasteiger partial charge in [0, 0.05) is 13.0 Å². The van der Waals surface area contributed by atoms with Crippen LogP contribution in [0.15, 0.2) is 73.3 Å². The van der Waals surface area contributed by atoms with Crippen molar-refractivity contribution in [2.24, 2.45) is 5.92 Å². The van der Waals surface area contributed by atoms with Crippen LogP contribution in [-0.2, 0) is 16.0 Å². The lowest BCUT2D eigenvalue weighted by Crippen LogP contribution is -2.42. The highest BCUT2D eigenvalue weighted by molar-refractivity contribution is 5.86. The van der Waals surface area contributed by atoms with Gasteiger partial charge in [0.05, 0.1) is 24.7 Å². The van der Waals surface area contributed by atoms with Gasteiger partial charge in [0.15, 0.2) is 0 Å². The van der Waals surface area contributed by atoms with E-state index in [1.165, 1.54) is 0 Å². The maximum Gasteiger partial charge on any atom is 0.224 e. The van der Waals surface area contributed by atoms with Gasteiger partial charge >= 0.3 is 0 Å². The first-order valence-corrected chi connectivity index (χ1v) is 10.1. The van der Waals surface area contributed by atoms with E-state index in [9.17, 15) is 19.8 Å². The van der Waals surface area contributed by atoms with Gasteiger partial charge in [0.1, 0.15) is 0 Å². The van der Waals surface area contributed by atoms with E-state index in [2.05, 4.69) is 17.2 Å². The fourth-order valence-electron chi connectivity index (χ4n) is 3.19. The van der Waals surface area contributed by atoms with E-state index >= 15 is 0 Å². The number of carbonyl (C=O) groups is 2. The summed E-state index contributed by atoms with van der Waals surface area (Å²) in [6.45, 7) is 3.53. The summed E-state index contributed by atoms with van der Waals surface area (Å²) < 4.78 is 0. The third kappa shape index (κ3) is 7.81. The normalized spacial score (nSPS) is 13.7. The molecule has 0 aliphatic carbocycles. The van der Waals surface area contributed by atoms with Crippen LogP contribution in [0.1, 0.15) is 30.1 Å². The van der Waals surface area contributed by atoms with Crippen molar-refractivity contribution in [2.45, 2.75) is 31.4 Å². The van der Waals surface area contributed by atoms with Gasteiger partial charge in [-0.25, -0.2) is 0 Å². The number of hydrogen-bond donors (Lipinski definition) is 4. The van der Waals surface area contributed by atoms with Gasteiger partial charge in [0.2, 0.25) is 11.8 Å². The van der Waals surface area contributed by atoms with Crippen LogP contribution in [0.5, 0.6) is 0 Å². The lowest BCUT2D eigenvalue weighted by atomic mass is 9.98. The average Bonchev–Trinajstić information content (AvgIpc) is 2.77. The molecule has 0 radical (unpaired) electrons. The quantitative estimate of drug-likeness (QED) is 0.403. The number of hydrogen-bond acceptors (Lipinski definition) is 4. The average molecular weight is 411 g/mol. The number of nitrogens with one attached hydrogen (secondary N) is 2. The van der Waals surface area contributed by atoms with E-state index in [1.54, 1.807) is 18.2 Å². The Kier molecular flexibility index (Phi) is 9.77. The summed E-state index contributed by atoms with van der Waals surface area (Å²) in [6, 6.07) is 18.2. The van der Waals surface area contributed by atoms with Gasteiger partial charge in [-0.15, -0.1) is 6.58 Å². The molecule has 0 spiro atoms. The first-order chi connectivity index (χ1) is 14.5. The van der Waals surface area contributed by atoms with Gasteiger partial charge in [-0.05, 0) is 24.0 Å². The minimum absolute atomic E-state index is 0.0232. The van der Waals surface area contributed by atoms with E-state index < -0.39 is 18.1 Å². The fraction of sp³-hybridized carbons (Fsp3) is 0.333. The Morgan fingerprint density at radius 1 is 1.03 bits per heavy atom. The number of rotatable bonds is 12. The number of carbonyl (C=O) groups excluding carboxylic acids is 2. The SMILES string of the molecule is C=CC[C@H](CC(=O)N[C@H](CO)Cc1ccccc1)C(=O)NC[C@@H](O)c1ccccc1. The molecule has 0 unspecified atom stereocenters. The monoisotopic (exact) mass is 410 g/mol. The molecule has 0 saturated heterocycles. The maximum atomic E-state index is 12.6. The van der Waals surface area contributed by atoms with Crippen LogP contribution in [0.3, 0.4) is 0 Å². The first-order valence-electron chi connectivity index (χ1n) is 10.1. The second-order valence-electron chi connectivity index (χ2n) is 7.23. The predicted octanol–water partition coefficient (Wildman–Crippen LogP) is 2.14. The highest BCUT2D eigenvalue weighted by Crippen LogP contribution is 2.14. The highest BCUT2D eigenvalue weighted by Gasteiger charge is 2.23. The zero-order valence-corrected chi connectivity index (χ0v) is 17.0. The summed E-state index contributed by atoms with van der Waals surface area (Å²) in [6.07, 6.45) is 1.59. The lowest BCUT2D eigenvalue weighted by Gasteiger charge is -2.20. The first kappa shape index (κ1) is 23.3. The molecular weight excluding hydrogens is 380 g/mol. The van der Waals surface area contributed by atoms with Gasteiger partial charge < -0.3 is 20.8 Å². The molecule has 2 amide bonds. The summed E-state index contributed by atoms with van der Waals surface area (Å²) >= 11 is 0. The summed E-state index contributed by atoms with van der Waals surface area (Å²) in [5.41, 5.74) is 1.72. The van der Waals surface area contributed by atoms with E-state index in [0.717, 1.165) is 5.56 Å². The molecule has 0 aliphatic heterocycles. The molecule has 0 aromatic heterocycles. The Bertz CT molecular complexity index is 795. The van der Waals surface area contributed by atoms with E-state index in [4.69, 9.17) is 0 Å². The second kappa shape index (κ2) is 12.6. The van der Waals surface area contributed by atoms with Crippen molar-refractivity contribution in [1.29, 1.82) is 0 Å². The molecule has 0 heterocycles. The van der Waals surface area contributed by atoms with Gasteiger partial charge in [-0.1, -0.05) is 66.7 Å². The minimum atomic E-state index is -0.821. The van der Waals surface area contributed by atoms with E-state index in [1.807, 2.05) is 48.5 Å². The van der Waals surface area contributed by atoms with E-state index in [0.29, 0.717) is 18.4 Å². The molecule has 2 aromatic carbocycles. The Balaban J connectivity index is 1.87. The van der Waals surface area contributed by atoms with Crippen LogP contribution in [0, 0.1) is 5.92 Å².